The first-order valence-corrected chi connectivity index (χ1v) is 7.80. The van der Waals surface area contributed by atoms with E-state index in [2.05, 4.69) is 11.9 Å². The number of nitrogens with zero attached hydrogens (tertiary/aromatic N) is 1. The summed E-state index contributed by atoms with van der Waals surface area (Å²) in [6.07, 6.45) is 0. The van der Waals surface area contributed by atoms with E-state index in [0.29, 0.717) is 27.4 Å². The zero-order chi connectivity index (χ0) is 17.9. The lowest BCUT2D eigenvalue weighted by atomic mass is 9.97. The normalized spacial score (nSPS) is 11.6. The summed E-state index contributed by atoms with van der Waals surface area (Å²) in [5.74, 6) is -0.418. The molecule has 1 N–H and O–H groups in total. The van der Waals surface area contributed by atoms with Crippen molar-refractivity contribution in [2.45, 2.75) is 12.3 Å². The number of nitrogens with one attached hydrogen (secondary N) is 1. The van der Waals surface area contributed by atoms with E-state index in [1.54, 1.807) is 24.3 Å². The van der Waals surface area contributed by atoms with Gasteiger partial charge in [0.05, 0.1) is 4.92 Å². The predicted octanol–water partition coefficient (Wildman–Crippen LogP) is 4.88. The Kier molecular flexibility index (Phi) is 5.59. The summed E-state index contributed by atoms with van der Waals surface area (Å²) in [4.78, 5) is 22.4. The Bertz CT molecular complexity index is 819. The van der Waals surface area contributed by atoms with E-state index in [1.165, 1.54) is 25.1 Å². The maximum Gasteiger partial charge on any atom is 0.270 e. The molecule has 0 aliphatic heterocycles. The van der Waals surface area contributed by atoms with Gasteiger partial charge in [-0.05, 0) is 24.6 Å². The average Bonchev–Trinajstić information content (AvgIpc) is 2.54. The standard InChI is InChI=1S/C17H14Cl2N2O3/c1-10(13-5-3-4-6-15(13)19)14-9-12(21(23)24)7-8-16(14)20-17(22)11(2)18/h3-9,11H,1H2,2H3,(H,20,22)/t11-/m1/s1. The fourth-order valence-corrected chi connectivity index (χ4v) is 2.39. The van der Waals surface area contributed by atoms with Crippen molar-refractivity contribution in [2.75, 3.05) is 5.32 Å². The highest BCUT2D eigenvalue weighted by molar-refractivity contribution is 6.33. The first-order valence-electron chi connectivity index (χ1n) is 6.99. The average molecular weight is 365 g/mol. The SMILES string of the molecule is C=C(c1ccccc1Cl)c1cc([N+](=O)[O-])ccc1NC(=O)[C@@H](C)Cl. The summed E-state index contributed by atoms with van der Waals surface area (Å²) in [5, 5.41) is 13.4. The molecular weight excluding hydrogens is 351 g/mol. The van der Waals surface area contributed by atoms with Crippen LogP contribution >= 0.6 is 23.2 Å². The van der Waals surface area contributed by atoms with Gasteiger partial charge in [0.2, 0.25) is 5.91 Å². The van der Waals surface area contributed by atoms with E-state index in [9.17, 15) is 14.9 Å². The Labute approximate surface area is 149 Å². The van der Waals surface area contributed by atoms with Crippen molar-refractivity contribution >= 4 is 46.1 Å². The number of halogens is 2. The minimum absolute atomic E-state index is 0.116. The number of anilines is 1. The number of nitro groups is 1. The molecule has 0 unspecified atom stereocenters. The van der Waals surface area contributed by atoms with Crippen LogP contribution in [0.15, 0.2) is 49.0 Å². The lowest BCUT2D eigenvalue weighted by Crippen LogP contribution is -2.21. The third kappa shape index (κ3) is 3.93. The van der Waals surface area contributed by atoms with E-state index in [4.69, 9.17) is 23.2 Å². The molecule has 2 rings (SSSR count). The van der Waals surface area contributed by atoms with Crippen LogP contribution in [0.25, 0.3) is 5.57 Å². The minimum Gasteiger partial charge on any atom is -0.324 e. The number of alkyl halides is 1. The van der Waals surface area contributed by atoms with Crippen molar-refractivity contribution in [2.24, 2.45) is 0 Å². The number of carbonyl (C=O) groups excluding carboxylic acids is 1. The Morgan fingerprint density at radius 3 is 2.50 bits per heavy atom. The highest BCUT2D eigenvalue weighted by Gasteiger charge is 2.18. The van der Waals surface area contributed by atoms with E-state index in [-0.39, 0.29) is 5.69 Å². The van der Waals surface area contributed by atoms with Crippen molar-refractivity contribution in [3.63, 3.8) is 0 Å². The number of benzene rings is 2. The molecule has 0 aliphatic carbocycles. The van der Waals surface area contributed by atoms with Gasteiger partial charge >= 0.3 is 0 Å². The molecule has 0 heterocycles. The molecule has 1 atom stereocenters. The molecule has 2 aromatic carbocycles. The van der Waals surface area contributed by atoms with E-state index < -0.39 is 16.2 Å². The van der Waals surface area contributed by atoms with Crippen LogP contribution in [0.4, 0.5) is 11.4 Å². The largest absolute Gasteiger partial charge is 0.324 e. The molecular formula is C17H14Cl2N2O3. The molecule has 24 heavy (non-hydrogen) atoms. The molecule has 1 amide bonds. The van der Waals surface area contributed by atoms with Gasteiger partial charge in [0.1, 0.15) is 5.38 Å². The van der Waals surface area contributed by atoms with Crippen LogP contribution in [0.3, 0.4) is 0 Å². The third-order valence-electron chi connectivity index (χ3n) is 3.36. The lowest BCUT2D eigenvalue weighted by molar-refractivity contribution is -0.384. The molecule has 0 aliphatic rings. The Hall–Kier alpha value is -2.37. The van der Waals surface area contributed by atoms with Crippen LogP contribution < -0.4 is 5.32 Å². The Morgan fingerprint density at radius 1 is 1.25 bits per heavy atom. The minimum atomic E-state index is -0.748. The molecule has 0 spiro atoms. The van der Waals surface area contributed by atoms with Gasteiger partial charge in [-0.25, -0.2) is 0 Å². The first-order chi connectivity index (χ1) is 11.3. The monoisotopic (exact) mass is 364 g/mol. The summed E-state index contributed by atoms with van der Waals surface area (Å²) >= 11 is 11.9. The fraction of sp³-hybridized carbons (Fsp3) is 0.118. The van der Waals surface area contributed by atoms with E-state index in [0.717, 1.165) is 0 Å². The van der Waals surface area contributed by atoms with Crippen molar-refractivity contribution in [1.82, 2.24) is 0 Å². The van der Waals surface area contributed by atoms with Gasteiger partial charge in [0.15, 0.2) is 0 Å². The molecule has 0 fully saturated rings. The van der Waals surface area contributed by atoms with Gasteiger partial charge in [-0.3, -0.25) is 14.9 Å². The molecule has 0 saturated heterocycles. The van der Waals surface area contributed by atoms with Crippen molar-refractivity contribution in [3.8, 4) is 0 Å². The lowest BCUT2D eigenvalue weighted by Gasteiger charge is -2.15. The summed E-state index contributed by atoms with van der Waals surface area (Å²) in [7, 11) is 0. The maximum atomic E-state index is 11.9. The van der Waals surface area contributed by atoms with Crippen LogP contribution in [-0.2, 0) is 4.79 Å². The van der Waals surface area contributed by atoms with Gasteiger partial charge in [0, 0.05) is 34.0 Å². The highest BCUT2D eigenvalue weighted by atomic mass is 35.5. The van der Waals surface area contributed by atoms with Crippen LogP contribution in [-0.4, -0.2) is 16.2 Å². The van der Waals surface area contributed by atoms with Crippen LogP contribution in [0.1, 0.15) is 18.1 Å². The predicted molar refractivity (Wildman–Crippen MR) is 96.6 cm³/mol. The maximum absolute atomic E-state index is 11.9. The second-order valence-electron chi connectivity index (χ2n) is 5.05. The van der Waals surface area contributed by atoms with Gasteiger partial charge in [-0.15, -0.1) is 11.6 Å². The van der Waals surface area contributed by atoms with Crippen LogP contribution in [0.2, 0.25) is 5.02 Å². The summed E-state index contributed by atoms with van der Waals surface area (Å²) in [5.41, 5.74) is 1.75. The second-order valence-corrected chi connectivity index (χ2v) is 6.11. The zero-order valence-corrected chi connectivity index (χ0v) is 14.3. The molecule has 0 bridgehead atoms. The second kappa shape index (κ2) is 7.47. The van der Waals surface area contributed by atoms with Crippen molar-refractivity contribution < 1.29 is 9.72 Å². The van der Waals surface area contributed by atoms with Crippen molar-refractivity contribution in [1.29, 1.82) is 0 Å². The number of hydrogen-bond donors (Lipinski definition) is 1. The number of amides is 1. The molecule has 2 aromatic rings. The van der Waals surface area contributed by atoms with Crippen molar-refractivity contribution in [3.05, 3.63) is 75.3 Å². The van der Waals surface area contributed by atoms with Crippen LogP contribution in [0.5, 0.6) is 0 Å². The first kappa shape index (κ1) is 18.0. The number of non-ortho nitro benzene ring substituents is 1. The molecule has 5 nitrogen and oxygen atoms in total. The van der Waals surface area contributed by atoms with E-state index in [1.807, 2.05) is 0 Å². The number of nitro benzene ring substituents is 1. The molecule has 0 aromatic heterocycles. The smallest absolute Gasteiger partial charge is 0.270 e. The Morgan fingerprint density at radius 2 is 1.92 bits per heavy atom. The number of hydrogen-bond acceptors (Lipinski definition) is 3. The highest BCUT2D eigenvalue weighted by Crippen LogP contribution is 2.34. The van der Waals surface area contributed by atoms with E-state index >= 15 is 0 Å². The summed E-state index contributed by atoms with van der Waals surface area (Å²) in [6.45, 7) is 5.51. The fourth-order valence-electron chi connectivity index (χ4n) is 2.09. The van der Waals surface area contributed by atoms with Gasteiger partial charge in [-0.2, -0.15) is 0 Å². The third-order valence-corrected chi connectivity index (χ3v) is 3.89. The number of carbonyl (C=O) groups is 1. The van der Waals surface area contributed by atoms with Gasteiger partial charge in [0.25, 0.3) is 5.69 Å². The van der Waals surface area contributed by atoms with Gasteiger partial charge in [-0.1, -0.05) is 36.4 Å². The summed E-state index contributed by atoms with van der Waals surface area (Å²) < 4.78 is 0. The van der Waals surface area contributed by atoms with Gasteiger partial charge < -0.3 is 5.32 Å². The molecule has 124 valence electrons. The molecule has 0 saturated carbocycles. The summed E-state index contributed by atoms with van der Waals surface area (Å²) in [6, 6.07) is 11.1. The topological polar surface area (TPSA) is 72.2 Å². The number of rotatable bonds is 5. The molecule has 0 radical (unpaired) electrons. The zero-order valence-electron chi connectivity index (χ0n) is 12.8. The van der Waals surface area contributed by atoms with Crippen LogP contribution in [0, 0.1) is 10.1 Å². The molecule has 7 heteroatoms. The quantitative estimate of drug-likeness (QED) is 0.467. The Balaban J connectivity index is 2.54.